The lowest BCUT2D eigenvalue weighted by Gasteiger charge is -2.05. The van der Waals surface area contributed by atoms with Gasteiger partial charge in [-0.3, -0.25) is 4.79 Å². The van der Waals surface area contributed by atoms with Crippen LogP contribution in [0.25, 0.3) is 11.1 Å². The number of hydrogen-bond acceptors (Lipinski definition) is 2. The lowest BCUT2D eigenvalue weighted by Crippen LogP contribution is -1.86. The fourth-order valence-corrected chi connectivity index (χ4v) is 2.38. The second kappa shape index (κ2) is 3.99. The van der Waals surface area contributed by atoms with Crippen molar-refractivity contribution in [2.75, 3.05) is 0 Å². The fourth-order valence-electron chi connectivity index (χ4n) is 1.67. The van der Waals surface area contributed by atoms with Gasteiger partial charge in [-0.1, -0.05) is 12.1 Å². The number of rotatable bonds is 2. The summed E-state index contributed by atoms with van der Waals surface area (Å²) in [6, 6.07) is 7.91. The van der Waals surface area contributed by atoms with E-state index < -0.39 is 0 Å². The van der Waals surface area contributed by atoms with Gasteiger partial charge in [0.1, 0.15) is 6.29 Å². The number of aryl methyl sites for hydroxylation is 2. The lowest BCUT2D eigenvalue weighted by molar-refractivity contribution is 0.112. The number of carbonyl (C=O) groups excluding carboxylic acids is 1. The minimum absolute atomic E-state index is 0.737. The summed E-state index contributed by atoms with van der Waals surface area (Å²) in [5.74, 6) is 0. The molecule has 76 valence electrons. The Morgan fingerprint density at radius 2 is 1.93 bits per heavy atom. The van der Waals surface area contributed by atoms with E-state index >= 15 is 0 Å². The molecule has 2 rings (SSSR count). The van der Waals surface area contributed by atoms with E-state index in [0.29, 0.717) is 0 Å². The molecule has 0 saturated heterocycles. The first-order chi connectivity index (χ1) is 7.22. The van der Waals surface area contributed by atoms with E-state index in [9.17, 15) is 4.79 Å². The SMILES string of the molecule is Cc1ccc(C=O)cc1-c1ccsc1C. The van der Waals surface area contributed by atoms with Crippen molar-refractivity contribution >= 4 is 17.6 Å². The third-order valence-corrected chi connectivity index (χ3v) is 3.39. The van der Waals surface area contributed by atoms with E-state index in [1.54, 1.807) is 11.3 Å². The molecule has 0 saturated carbocycles. The van der Waals surface area contributed by atoms with Crippen molar-refractivity contribution in [2.45, 2.75) is 13.8 Å². The molecule has 2 heteroatoms. The molecule has 1 nitrogen and oxygen atoms in total. The van der Waals surface area contributed by atoms with Crippen LogP contribution in [0.1, 0.15) is 20.8 Å². The van der Waals surface area contributed by atoms with E-state index in [0.717, 1.165) is 11.8 Å². The highest BCUT2D eigenvalue weighted by Gasteiger charge is 2.06. The molecule has 1 aromatic carbocycles. The Morgan fingerprint density at radius 3 is 2.53 bits per heavy atom. The summed E-state index contributed by atoms with van der Waals surface area (Å²) in [7, 11) is 0. The second-order valence-corrected chi connectivity index (χ2v) is 4.70. The number of benzene rings is 1. The van der Waals surface area contributed by atoms with Crippen LogP contribution >= 0.6 is 11.3 Å². The van der Waals surface area contributed by atoms with Crippen molar-refractivity contribution in [1.29, 1.82) is 0 Å². The molecule has 0 aliphatic rings. The Labute approximate surface area is 93.4 Å². The van der Waals surface area contributed by atoms with E-state index in [-0.39, 0.29) is 0 Å². The number of carbonyl (C=O) groups is 1. The van der Waals surface area contributed by atoms with Gasteiger partial charge in [-0.25, -0.2) is 0 Å². The quantitative estimate of drug-likeness (QED) is 0.697. The van der Waals surface area contributed by atoms with Crippen molar-refractivity contribution < 1.29 is 4.79 Å². The zero-order valence-electron chi connectivity index (χ0n) is 8.78. The zero-order valence-corrected chi connectivity index (χ0v) is 9.60. The highest BCUT2D eigenvalue weighted by atomic mass is 32.1. The molecule has 0 bridgehead atoms. The Kier molecular flexibility index (Phi) is 2.69. The molecular formula is C13H12OS. The third kappa shape index (κ3) is 1.85. The Hall–Kier alpha value is -1.41. The first kappa shape index (κ1) is 10.1. The summed E-state index contributed by atoms with van der Waals surface area (Å²) < 4.78 is 0. The normalized spacial score (nSPS) is 10.3. The topological polar surface area (TPSA) is 17.1 Å². The lowest BCUT2D eigenvalue weighted by atomic mass is 9.99. The summed E-state index contributed by atoms with van der Waals surface area (Å²) in [5, 5.41) is 2.08. The van der Waals surface area contributed by atoms with Gasteiger partial charge in [0.05, 0.1) is 0 Å². The molecule has 0 aliphatic carbocycles. The van der Waals surface area contributed by atoms with Crippen molar-refractivity contribution in [2.24, 2.45) is 0 Å². The predicted molar refractivity (Wildman–Crippen MR) is 64.6 cm³/mol. The predicted octanol–water partition coefficient (Wildman–Crippen LogP) is 3.84. The minimum atomic E-state index is 0.737. The van der Waals surface area contributed by atoms with Crippen molar-refractivity contribution in [1.82, 2.24) is 0 Å². The number of thiophene rings is 1. The van der Waals surface area contributed by atoms with Gasteiger partial charge in [-0.2, -0.15) is 0 Å². The van der Waals surface area contributed by atoms with Gasteiger partial charge in [-0.05, 0) is 48.1 Å². The van der Waals surface area contributed by atoms with Crippen LogP contribution < -0.4 is 0 Å². The summed E-state index contributed by atoms with van der Waals surface area (Å²) in [6.45, 7) is 4.17. The van der Waals surface area contributed by atoms with Gasteiger partial charge < -0.3 is 0 Å². The fraction of sp³-hybridized carbons (Fsp3) is 0.154. The molecule has 2 aromatic rings. The highest BCUT2D eigenvalue weighted by molar-refractivity contribution is 7.10. The van der Waals surface area contributed by atoms with Crippen molar-refractivity contribution in [3.8, 4) is 11.1 Å². The van der Waals surface area contributed by atoms with Crippen LogP contribution in [-0.2, 0) is 0 Å². The smallest absolute Gasteiger partial charge is 0.150 e. The molecule has 1 aromatic heterocycles. The molecule has 0 unspecified atom stereocenters. The summed E-state index contributed by atoms with van der Waals surface area (Å²) >= 11 is 1.73. The van der Waals surface area contributed by atoms with E-state index in [2.05, 4.69) is 25.3 Å². The zero-order chi connectivity index (χ0) is 10.8. The highest BCUT2D eigenvalue weighted by Crippen LogP contribution is 2.30. The first-order valence-electron chi connectivity index (χ1n) is 4.82. The van der Waals surface area contributed by atoms with Crippen LogP contribution in [0.3, 0.4) is 0 Å². The van der Waals surface area contributed by atoms with Crippen LogP contribution in [0.15, 0.2) is 29.6 Å². The van der Waals surface area contributed by atoms with Gasteiger partial charge in [0.25, 0.3) is 0 Å². The van der Waals surface area contributed by atoms with Crippen LogP contribution in [0.5, 0.6) is 0 Å². The van der Waals surface area contributed by atoms with Gasteiger partial charge >= 0.3 is 0 Å². The van der Waals surface area contributed by atoms with Crippen molar-refractivity contribution in [3.05, 3.63) is 45.6 Å². The van der Waals surface area contributed by atoms with Crippen LogP contribution in [0.4, 0.5) is 0 Å². The molecule has 0 radical (unpaired) electrons. The Morgan fingerprint density at radius 1 is 1.13 bits per heavy atom. The van der Waals surface area contributed by atoms with Gasteiger partial charge in [-0.15, -0.1) is 11.3 Å². The molecule has 0 fully saturated rings. The minimum Gasteiger partial charge on any atom is -0.298 e. The largest absolute Gasteiger partial charge is 0.298 e. The standard InChI is InChI=1S/C13H12OS/c1-9-3-4-11(8-14)7-13(9)12-5-6-15-10(12)2/h3-8H,1-2H3. The van der Waals surface area contributed by atoms with Gasteiger partial charge in [0.2, 0.25) is 0 Å². The average molecular weight is 216 g/mol. The molecule has 0 aliphatic heterocycles. The maximum atomic E-state index is 10.7. The molecule has 0 amide bonds. The molecule has 1 heterocycles. The van der Waals surface area contributed by atoms with Crippen LogP contribution in [0, 0.1) is 13.8 Å². The van der Waals surface area contributed by atoms with Crippen LogP contribution in [0.2, 0.25) is 0 Å². The van der Waals surface area contributed by atoms with Gasteiger partial charge in [0, 0.05) is 10.4 Å². The summed E-state index contributed by atoms with van der Waals surface area (Å²) in [4.78, 5) is 12.0. The number of aldehydes is 1. The third-order valence-electron chi connectivity index (χ3n) is 2.55. The monoisotopic (exact) mass is 216 g/mol. The second-order valence-electron chi connectivity index (χ2n) is 3.58. The first-order valence-corrected chi connectivity index (χ1v) is 5.70. The maximum Gasteiger partial charge on any atom is 0.150 e. The van der Waals surface area contributed by atoms with E-state index in [4.69, 9.17) is 0 Å². The van der Waals surface area contributed by atoms with Gasteiger partial charge in [0.15, 0.2) is 0 Å². The van der Waals surface area contributed by atoms with Crippen LogP contribution in [-0.4, -0.2) is 6.29 Å². The maximum absolute atomic E-state index is 10.7. The molecule has 15 heavy (non-hydrogen) atoms. The molecule has 0 spiro atoms. The molecule has 0 atom stereocenters. The summed E-state index contributed by atoms with van der Waals surface area (Å²) in [6.07, 6.45) is 0.893. The Balaban J connectivity index is 2.61. The Bertz CT molecular complexity index is 497. The summed E-state index contributed by atoms with van der Waals surface area (Å²) in [5.41, 5.74) is 4.35. The molecular weight excluding hydrogens is 204 g/mol. The van der Waals surface area contributed by atoms with E-state index in [1.165, 1.54) is 21.6 Å². The number of hydrogen-bond donors (Lipinski definition) is 0. The van der Waals surface area contributed by atoms with Crippen molar-refractivity contribution in [3.63, 3.8) is 0 Å². The van der Waals surface area contributed by atoms with E-state index in [1.807, 2.05) is 18.2 Å². The average Bonchev–Trinajstić information content (AvgIpc) is 2.65. The molecule has 0 N–H and O–H groups in total.